The zero-order chi connectivity index (χ0) is 16.7. The van der Waals surface area contributed by atoms with Crippen molar-refractivity contribution in [2.45, 2.75) is 38.6 Å². The summed E-state index contributed by atoms with van der Waals surface area (Å²) in [7, 11) is 3.38. The first kappa shape index (κ1) is 24.8. The normalized spacial score (nSPS) is 15.7. The molecule has 0 radical (unpaired) electrons. The lowest BCUT2D eigenvalue weighted by atomic mass is 9.97. The molecule has 1 heterocycles. The van der Waals surface area contributed by atoms with Crippen LogP contribution in [0.3, 0.4) is 0 Å². The average Bonchev–Trinajstić information content (AvgIpc) is 2.60. The van der Waals surface area contributed by atoms with Crippen LogP contribution >= 0.6 is 40.7 Å². The lowest BCUT2D eigenvalue weighted by Gasteiger charge is -2.36. The van der Waals surface area contributed by atoms with Crippen LogP contribution in [0.4, 0.5) is 0 Å². The van der Waals surface area contributed by atoms with Crippen LogP contribution in [0.5, 0.6) is 11.5 Å². The van der Waals surface area contributed by atoms with Crippen molar-refractivity contribution in [2.75, 3.05) is 40.4 Å². The van der Waals surface area contributed by atoms with E-state index in [1.165, 1.54) is 31.2 Å². The third-order valence-electron chi connectivity index (χ3n) is 4.54. The lowest BCUT2D eigenvalue weighted by molar-refractivity contribution is 0.162. The SMILES string of the molecule is CCCCC[C@H](c1cc(OC)c(OC)cc1Br)N1CCNCC1.Cl.Cl. The summed E-state index contributed by atoms with van der Waals surface area (Å²) in [5, 5.41) is 3.45. The van der Waals surface area contributed by atoms with E-state index < -0.39 is 0 Å². The molecule has 0 saturated carbocycles. The molecule has 4 nitrogen and oxygen atoms in total. The van der Waals surface area contributed by atoms with Crippen LogP contribution in [0.1, 0.15) is 44.2 Å². The van der Waals surface area contributed by atoms with E-state index in [0.29, 0.717) is 6.04 Å². The Balaban J connectivity index is 0.00000288. The molecular formula is C18H31BrCl2N2O2. The molecular weight excluding hydrogens is 427 g/mol. The van der Waals surface area contributed by atoms with E-state index in [2.05, 4.69) is 39.1 Å². The molecule has 0 unspecified atom stereocenters. The number of ether oxygens (including phenoxy) is 2. The van der Waals surface area contributed by atoms with Gasteiger partial charge in [-0.1, -0.05) is 42.1 Å². The second-order valence-electron chi connectivity index (χ2n) is 6.03. The smallest absolute Gasteiger partial charge is 0.161 e. The number of hydrogen-bond donors (Lipinski definition) is 1. The molecule has 0 amide bonds. The third kappa shape index (κ3) is 6.79. The fourth-order valence-electron chi connectivity index (χ4n) is 3.24. The quantitative estimate of drug-likeness (QED) is 0.566. The fourth-order valence-corrected chi connectivity index (χ4v) is 3.83. The van der Waals surface area contributed by atoms with E-state index >= 15 is 0 Å². The Hall–Kier alpha value is -0.200. The van der Waals surface area contributed by atoms with E-state index in [1.54, 1.807) is 14.2 Å². The number of nitrogens with one attached hydrogen (secondary N) is 1. The summed E-state index contributed by atoms with van der Waals surface area (Å²) in [5.74, 6) is 1.58. The van der Waals surface area contributed by atoms with Crippen molar-refractivity contribution >= 4 is 40.7 Å². The summed E-state index contributed by atoms with van der Waals surface area (Å²) in [6.45, 7) is 6.58. The van der Waals surface area contributed by atoms with Crippen molar-refractivity contribution in [2.24, 2.45) is 0 Å². The van der Waals surface area contributed by atoms with Gasteiger partial charge in [-0.05, 0) is 24.1 Å². The molecule has 1 fully saturated rings. The van der Waals surface area contributed by atoms with Crippen LogP contribution in [-0.2, 0) is 0 Å². The van der Waals surface area contributed by atoms with Crippen LogP contribution < -0.4 is 14.8 Å². The summed E-state index contributed by atoms with van der Waals surface area (Å²) < 4.78 is 12.0. The van der Waals surface area contributed by atoms with Crippen molar-refractivity contribution in [3.63, 3.8) is 0 Å². The highest BCUT2D eigenvalue weighted by molar-refractivity contribution is 9.10. The molecule has 1 atom stereocenters. The molecule has 0 spiro atoms. The molecule has 146 valence electrons. The van der Waals surface area contributed by atoms with Gasteiger partial charge >= 0.3 is 0 Å². The first-order valence-corrected chi connectivity index (χ1v) is 9.36. The van der Waals surface area contributed by atoms with E-state index in [1.807, 2.05) is 6.07 Å². The predicted octanol–water partition coefficient (Wildman–Crippen LogP) is 4.84. The Labute approximate surface area is 173 Å². The van der Waals surface area contributed by atoms with Crippen LogP contribution in [0.2, 0.25) is 0 Å². The molecule has 1 aromatic carbocycles. The van der Waals surface area contributed by atoms with Crippen LogP contribution in [0.15, 0.2) is 16.6 Å². The Morgan fingerprint density at radius 2 is 1.68 bits per heavy atom. The monoisotopic (exact) mass is 456 g/mol. The number of methoxy groups -OCH3 is 2. The third-order valence-corrected chi connectivity index (χ3v) is 5.22. The van der Waals surface area contributed by atoms with E-state index in [9.17, 15) is 0 Å². The molecule has 25 heavy (non-hydrogen) atoms. The highest BCUT2D eigenvalue weighted by atomic mass is 79.9. The minimum absolute atomic E-state index is 0. The fraction of sp³-hybridized carbons (Fsp3) is 0.667. The topological polar surface area (TPSA) is 33.7 Å². The first-order chi connectivity index (χ1) is 11.2. The number of hydrogen-bond acceptors (Lipinski definition) is 4. The highest BCUT2D eigenvalue weighted by Gasteiger charge is 2.25. The minimum Gasteiger partial charge on any atom is -0.493 e. The summed E-state index contributed by atoms with van der Waals surface area (Å²) in [6.07, 6.45) is 4.97. The standard InChI is InChI=1S/C18H29BrN2O2.2ClH/c1-4-5-6-7-16(21-10-8-20-9-11-21)14-12-17(22-2)18(23-3)13-15(14)19;;/h12-13,16,20H,4-11H2,1-3H3;2*1H/t16-;;/m1../s1. The van der Waals surface area contributed by atoms with Crippen molar-refractivity contribution < 1.29 is 9.47 Å². The first-order valence-electron chi connectivity index (χ1n) is 8.57. The average molecular weight is 458 g/mol. The van der Waals surface area contributed by atoms with Gasteiger partial charge in [0.15, 0.2) is 11.5 Å². The van der Waals surface area contributed by atoms with E-state index in [0.717, 1.165) is 42.2 Å². The number of nitrogens with zero attached hydrogens (tertiary/aromatic N) is 1. The maximum atomic E-state index is 5.52. The Kier molecular flexibility index (Phi) is 12.9. The molecule has 1 aliphatic heterocycles. The van der Waals surface area contributed by atoms with Crippen LogP contribution in [0, 0.1) is 0 Å². The molecule has 0 bridgehead atoms. The maximum absolute atomic E-state index is 5.52. The van der Waals surface area contributed by atoms with Gasteiger partial charge in [-0.15, -0.1) is 24.8 Å². The van der Waals surface area contributed by atoms with Crippen LogP contribution in [-0.4, -0.2) is 45.3 Å². The zero-order valence-corrected chi connectivity index (χ0v) is 18.6. The van der Waals surface area contributed by atoms with Gasteiger partial charge in [0.25, 0.3) is 0 Å². The van der Waals surface area contributed by atoms with Crippen LogP contribution in [0.25, 0.3) is 0 Å². The summed E-state index contributed by atoms with van der Waals surface area (Å²) in [6, 6.07) is 4.60. The van der Waals surface area contributed by atoms with Crippen molar-refractivity contribution in [1.29, 1.82) is 0 Å². The van der Waals surface area contributed by atoms with Gasteiger partial charge in [-0.25, -0.2) is 0 Å². The summed E-state index contributed by atoms with van der Waals surface area (Å²) in [4.78, 5) is 2.60. The molecule has 7 heteroatoms. The van der Waals surface area contributed by atoms with Gasteiger partial charge in [0.1, 0.15) is 0 Å². The van der Waals surface area contributed by atoms with Gasteiger partial charge < -0.3 is 14.8 Å². The van der Waals surface area contributed by atoms with Gasteiger partial charge in [0.2, 0.25) is 0 Å². The van der Waals surface area contributed by atoms with E-state index in [-0.39, 0.29) is 24.8 Å². The second-order valence-corrected chi connectivity index (χ2v) is 6.88. The number of rotatable bonds is 8. The Bertz CT molecular complexity index is 500. The molecule has 1 saturated heterocycles. The van der Waals surface area contributed by atoms with Gasteiger partial charge in [0.05, 0.1) is 14.2 Å². The Morgan fingerprint density at radius 1 is 1.08 bits per heavy atom. The number of benzene rings is 1. The number of halogens is 3. The molecule has 1 aliphatic rings. The molecule has 0 aliphatic carbocycles. The largest absolute Gasteiger partial charge is 0.493 e. The van der Waals surface area contributed by atoms with Crippen molar-refractivity contribution in [1.82, 2.24) is 10.2 Å². The summed E-state index contributed by atoms with van der Waals surface area (Å²) >= 11 is 3.75. The molecule has 1 aromatic rings. The molecule has 2 rings (SSSR count). The highest BCUT2D eigenvalue weighted by Crippen LogP contribution is 2.39. The lowest BCUT2D eigenvalue weighted by Crippen LogP contribution is -2.45. The Morgan fingerprint density at radius 3 is 2.24 bits per heavy atom. The van der Waals surface area contributed by atoms with Gasteiger partial charge in [-0.2, -0.15) is 0 Å². The molecule has 1 N–H and O–H groups in total. The number of unbranched alkanes of at least 4 members (excludes halogenated alkanes) is 2. The van der Waals surface area contributed by atoms with Gasteiger partial charge in [0, 0.05) is 36.7 Å². The van der Waals surface area contributed by atoms with Crippen molar-refractivity contribution in [3.05, 3.63) is 22.2 Å². The minimum atomic E-state index is 0. The second kappa shape index (κ2) is 13.0. The number of piperazine rings is 1. The predicted molar refractivity (Wildman–Crippen MR) is 113 cm³/mol. The van der Waals surface area contributed by atoms with Gasteiger partial charge in [-0.3, -0.25) is 4.90 Å². The zero-order valence-electron chi connectivity index (χ0n) is 15.3. The summed E-state index contributed by atoms with van der Waals surface area (Å²) in [5.41, 5.74) is 1.31. The van der Waals surface area contributed by atoms with E-state index in [4.69, 9.17) is 9.47 Å². The maximum Gasteiger partial charge on any atom is 0.161 e. The molecule has 0 aromatic heterocycles. The van der Waals surface area contributed by atoms with Crippen molar-refractivity contribution in [3.8, 4) is 11.5 Å².